The number of anilines is 2. The van der Waals surface area contributed by atoms with E-state index in [1.165, 1.54) is 25.4 Å². The number of nitrogens with one attached hydrogen (secondary N) is 2. The summed E-state index contributed by atoms with van der Waals surface area (Å²) in [4.78, 5) is 33.7. The number of halogens is 1. The Labute approximate surface area is 189 Å². The standard InChI is InChI=1S/C25H19FN4O3/c1-33-23-9-6-16(14-20(23)25(32)29-17-10-12-27-13-11-17)24(31)30-18-7-8-22(28-15-18)19-4-2-3-5-21(19)26/h2-15H,1H3,(H,30,31)(H,27,29,32). The third-order valence-corrected chi connectivity index (χ3v) is 4.82. The Hall–Kier alpha value is -4.59. The van der Waals surface area contributed by atoms with Crippen molar-refractivity contribution < 1.29 is 18.7 Å². The Balaban J connectivity index is 1.52. The van der Waals surface area contributed by atoms with E-state index in [4.69, 9.17) is 4.74 Å². The molecule has 2 N–H and O–H groups in total. The lowest BCUT2D eigenvalue weighted by atomic mass is 10.1. The topological polar surface area (TPSA) is 93.2 Å². The molecule has 164 valence electrons. The molecule has 33 heavy (non-hydrogen) atoms. The Morgan fingerprint density at radius 3 is 2.33 bits per heavy atom. The maximum Gasteiger partial charge on any atom is 0.259 e. The first-order valence-corrected chi connectivity index (χ1v) is 9.97. The van der Waals surface area contributed by atoms with Crippen LogP contribution >= 0.6 is 0 Å². The largest absolute Gasteiger partial charge is 0.496 e. The highest BCUT2D eigenvalue weighted by atomic mass is 19.1. The third-order valence-electron chi connectivity index (χ3n) is 4.82. The van der Waals surface area contributed by atoms with Crippen molar-refractivity contribution in [2.75, 3.05) is 17.7 Å². The van der Waals surface area contributed by atoms with E-state index in [1.807, 2.05) is 0 Å². The lowest BCUT2D eigenvalue weighted by Crippen LogP contribution is -2.16. The summed E-state index contributed by atoms with van der Waals surface area (Å²) < 4.78 is 19.2. The van der Waals surface area contributed by atoms with E-state index < -0.39 is 11.8 Å². The number of hydrogen-bond acceptors (Lipinski definition) is 5. The zero-order chi connectivity index (χ0) is 23.2. The van der Waals surface area contributed by atoms with Gasteiger partial charge in [-0.05, 0) is 54.6 Å². The molecule has 0 saturated heterocycles. The Morgan fingerprint density at radius 1 is 0.879 bits per heavy atom. The van der Waals surface area contributed by atoms with Crippen LogP contribution in [0.2, 0.25) is 0 Å². The van der Waals surface area contributed by atoms with Gasteiger partial charge >= 0.3 is 0 Å². The van der Waals surface area contributed by atoms with Crippen LogP contribution in [0.4, 0.5) is 15.8 Å². The van der Waals surface area contributed by atoms with Crippen LogP contribution in [-0.4, -0.2) is 28.9 Å². The predicted octanol–water partition coefficient (Wildman–Crippen LogP) is 4.80. The van der Waals surface area contributed by atoms with Gasteiger partial charge in [0.1, 0.15) is 11.6 Å². The van der Waals surface area contributed by atoms with Crippen LogP contribution in [0, 0.1) is 5.82 Å². The Bertz CT molecular complexity index is 1290. The fraction of sp³-hybridized carbons (Fsp3) is 0.0400. The summed E-state index contributed by atoms with van der Waals surface area (Å²) in [6.45, 7) is 0. The molecule has 2 aromatic heterocycles. The van der Waals surface area contributed by atoms with Gasteiger partial charge in [0.25, 0.3) is 11.8 Å². The molecule has 0 bridgehead atoms. The van der Waals surface area contributed by atoms with E-state index in [1.54, 1.807) is 67.0 Å². The van der Waals surface area contributed by atoms with Crippen LogP contribution in [0.1, 0.15) is 20.7 Å². The van der Waals surface area contributed by atoms with Crippen molar-refractivity contribution in [3.05, 3.63) is 102 Å². The van der Waals surface area contributed by atoms with E-state index in [0.717, 1.165) is 0 Å². The van der Waals surface area contributed by atoms with E-state index in [-0.39, 0.29) is 16.9 Å². The van der Waals surface area contributed by atoms with Crippen molar-refractivity contribution >= 4 is 23.2 Å². The van der Waals surface area contributed by atoms with Crippen LogP contribution in [-0.2, 0) is 0 Å². The van der Waals surface area contributed by atoms with Gasteiger partial charge in [-0.15, -0.1) is 0 Å². The molecule has 0 fully saturated rings. The maximum absolute atomic E-state index is 14.0. The van der Waals surface area contributed by atoms with Gasteiger partial charge in [0.2, 0.25) is 0 Å². The number of ether oxygens (including phenoxy) is 1. The monoisotopic (exact) mass is 442 g/mol. The number of benzene rings is 2. The fourth-order valence-electron chi connectivity index (χ4n) is 3.16. The summed E-state index contributed by atoms with van der Waals surface area (Å²) in [6, 6.07) is 17.4. The maximum atomic E-state index is 14.0. The van der Waals surface area contributed by atoms with Crippen molar-refractivity contribution in [2.45, 2.75) is 0 Å². The average molecular weight is 442 g/mol. The number of hydrogen-bond donors (Lipinski definition) is 2. The molecule has 2 aromatic carbocycles. The van der Waals surface area contributed by atoms with Gasteiger partial charge in [0, 0.05) is 29.2 Å². The van der Waals surface area contributed by atoms with E-state index in [0.29, 0.717) is 28.4 Å². The molecule has 0 unspecified atom stereocenters. The summed E-state index contributed by atoms with van der Waals surface area (Å²) in [5.41, 5.74) is 2.27. The quantitative estimate of drug-likeness (QED) is 0.448. The normalized spacial score (nSPS) is 10.4. The van der Waals surface area contributed by atoms with Crippen LogP contribution in [0.15, 0.2) is 85.3 Å². The summed E-state index contributed by atoms with van der Waals surface area (Å²) in [5, 5.41) is 5.47. The Morgan fingerprint density at radius 2 is 1.64 bits per heavy atom. The number of pyridine rings is 2. The molecule has 0 aliphatic rings. The van der Waals surface area contributed by atoms with E-state index in [9.17, 15) is 14.0 Å². The van der Waals surface area contributed by atoms with Crippen LogP contribution in [0.25, 0.3) is 11.3 Å². The lowest BCUT2D eigenvalue weighted by Gasteiger charge is -2.12. The first-order chi connectivity index (χ1) is 16.0. The molecule has 0 aliphatic carbocycles. The van der Waals surface area contributed by atoms with Gasteiger partial charge in [-0.3, -0.25) is 19.6 Å². The highest BCUT2D eigenvalue weighted by Gasteiger charge is 2.17. The number of aromatic nitrogens is 2. The van der Waals surface area contributed by atoms with Crippen LogP contribution in [0.3, 0.4) is 0 Å². The van der Waals surface area contributed by atoms with Gasteiger partial charge in [-0.25, -0.2) is 4.39 Å². The molecule has 0 atom stereocenters. The number of rotatable bonds is 6. The number of carbonyl (C=O) groups is 2. The van der Waals surface area contributed by atoms with Gasteiger partial charge in [-0.1, -0.05) is 12.1 Å². The zero-order valence-corrected chi connectivity index (χ0v) is 17.6. The first kappa shape index (κ1) is 21.6. The molecule has 0 radical (unpaired) electrons. The lowest BCUT2D eigenvalue weighted by molar-refractivity contribution is 0.102. The molecule has 4 aromatic rings. The minimum atomic E-state index is -0.434. The molecule has 0 spiro atoms. The average Bonchev–Trinajstić information content (AvgIpc) is 2.85. The molecule has 2 heterocycles. The smallest absolute Gasteiger partial charge is 0.259 e. The van der Waals surface area contributed by atoms with Crippen molar-refractivity contribution in [3.8, 4) is 17.0 Å². The minimum absolute atomic E-state index is 0.204. The van der Waals surface area contributed by atoms with E-state index >= 15 is 0 Å². The summed E-state index contributed by atoms with van der Waals surface area (Å²) >= 11 is 0. The number of amides is 2. The molecule has 0 saturated carbocycles. The molecule has 4 rings (SSSR count). The highest BCUT2D eigenvalue weighted by molar-refractivity contribution is 6.10. The second-order valence-corrected chi connectivity index (χ2v) is 6.97. The summed E-state index contributed by atoms with van der Waals surface area (Å²) in [7, 11) is 1.45. The highest BCUT2D eigenvalue weighted by Crippen LogP contribution is 2.24. The second kappa shape index (κ2) is 9.69. The molecular formula is C25H19FN4O3. The molecular weight excluding hydrogens is 423 g/mol. The molecule has 7 nitrogen and oxygen atoms in total. The minimum Gasteiger partial charge on any atom is -0.496 e. The van der Waals surface area contributed by atoms with Crippen LogP contribution in [0.5, 0.6) is 5.75 Å². The Kier molecular flexibility index (Phi) is 6.36. The fourth-order valence-corrected chi connectivity index (χ4v) is 3.16. The summed E-state index contributed by atoms with van der Waals surface area (Å²) in [5.74, 6) is -0.911. The van der Waals surface area contributed by atoms with E-state index in [2.05, 4.69) is 20.6 Å². The van der Waals surface area contributed by atoms with Crippen molar-refractivity contribution in [2.24, 2.45) is 0 Å². The third kappa shape index (κ3) is 5.01. The second-order valence-electron chi connectivity index (χ2n) is 6.97. The summed E-state index contributed by atoms with van der Waals surface area (Å²) in [6.07, 6.45) is 4.56. The number of nitrogens with zero attached hydrogens (tertiary/aromatic N) is 2. The number of methoxy groups -OCH3 is 1. The molecule has 8 heteroatoms. The van der Waals surface area contributed by atoms with Gasteiger partial charge in [0.15, 0.2) is 0 Å². The van der Waals surface area contributed by atoms with Gasteiger partial charge in [-0.2, -0.15) is 0 Å². The predicted molar refractivity (Wildman–Crippen MR) is 123 cm³/mol. The first-order valence-electron chi connectivity index (χ1n) is 9.97. The number of carbonyl (C=O) groups excluding carboxylic acids is 2. The SMILES string of the molecule is COc1ccc(C(=O)Nc2ccc(-c3ccccc3F)nc2)cc1C(=O)Nc1ccncc1. The molecule has 2 amide bonds. The van der Waals surface area contributed by atoms with Crippen molar-refractivity contribution in [3.63, 3.8) is 0 Å². The van der Waals surface area contributed by atoms with Crippen LogP contribution < -0.4 is 15.4 Å². The zero-order valence-electron chi connectivity index (χ0n) is 17.6. The van der Waals surface area contributed by atoms with Crippen molar-refractivity contribution in [1.82, 2.24) is 9.97 Å². The van der Waals surface area contributed by atoms with Crippen molar-refractivity contribution in [1.29, 1.82) is 0 Å². The van der Waals surface area contributed by atoms with Gasteiger partial charge < -0.3 is 15.4 Å². The van der Waals surface area contributed by atoms with Gasteiger partial charge in [0.05, 0.1) is 30.3 Å². The molecule has 0 aliphatic heterocycles.